The second-order valence-corrected chi connectivity index (χ2v) is 5.41. The van der Waals surface area contributed by atoms with Crippen LogP contribution in [0.1, 0.15) is 23.5 Å². The van der Waals surface area contributed by atoms with E-state index in [0.29, 0.717) is 6.54 Å². The van der Waals surface area contributed by atoms with Gasteiger partial charge in [-0.2, -0.15) is 0 Å². The van der Waals surface area contributed by atoms with Crippen molar-refractivity contribution in [2.75, 3.05) is 13.2 Å². The fraction of sp³-hybridized carbons (Fsp3) is 0.357. The molecule has 1 atom stereocenters. The lowest BCUT2D eigenvalue weighted by Gasteiger charge is -2.10. The van der Waals surface area contributed by atoms with Gasteiger partial charge in [0.2, 0.25) is 0 Å². The average Bonchev–Trinajstić information content (AvgIpc) is 2.79. The lowest BCUT2D eigenvalue weighted by Crippen LogP contribution is -2.21. The zero-order chi connectivity index (χ0) is 13.8. The van der Waals surface area contributed by atoms with Gasteiger partial charge >= 0.3 is 0 Å². The lowest BCUT2D eigenvalue weighted by molar-refractivity contribution is 0.286. The van der Waals surface area contributed by atoms with Gasteiger partial charge in [-0.25, -0.2) is 9.37 Å². The number of aromatic nitrogens is 1. The number of benzene rings is 1. The highest BCUT2D eigenvalue weighted by Crippen LogP contribution is 2.31. The van der Waals surface area contributed by atoms with Crippen molar-refractivity contribution in [2.24, 2.45) is 0 Å². The number of aliphatic hydroxyl groups excluding tert-OH is 1. The van der Waals surface area contributed by atoms with Crippen LogP contribution in [0.5, 0.6) is 0 Å². The first-order valence-electron chi connectivity index (χ1n) is 6.19. The van der Waals surface area contributed by atoms with Gasteiger partial charge in [0.15, 0.2) is 0 Å². The van der Waals surface area contributed by atoms with Crippen LogP contribution >= 0.6 is 11.3 Å². The molecule has 3 nitrogen and oxygen atoms in total. The van der Waals surface area contributed by atoms with Gasteiger partial charge in [-0.15, -0.1) is 11.3 Å². The summed E-state index contributed by atoms with van der Waals surface area (Å²) >= 11 is 1.60. The van der Waals surface area contributed by atoms with Crippen LogP contribution in [0.15, 0.2) is 24.3 Å². The number of hydrogen-bond donors (Lipinski definition) is 2. The van der Waals surface area contributed by atoms with Gasteiger partial charge < -0.3 is 10.4 Å². The molecule has 0 saturated carbocycles. The Kier molecular flexibility index (Phi) is 4.63. The Hall–Kier alpha value is -1.30. The third kappa shape index (κ3) is 3.37. The van der Waals surface area contributed by atoms with Crippen molar-refractivity contribution in [3.8, 4) is 10.6 Å². The van der Waals surface area contributed by atoms with E-state index in [0.717, 1.165) is 21.1 Å². The summed E-state index contributed by atoms with van der Waals surface area (Å²) in [7, 11) is 0. The number of rotatable bonds is 5. The summed E-state index contributed by atoms with van der Waals surface area (Å²) in [4.78, 5) is 5.68. The van der Waals surface area contributed by atoms with Crippen molar-refractivity contribution in [2.45, 2.75) is 19.9 Å². The fourth-order valence-corrected chi connectivity index (χ4v) is 3.00. The Morgan fingerprint density at radius 3 is 2.68 bits per heavy atom. The number of aliphatic hydroxyl groups is 1. The second kappa shape index (κ2) is 6.23. The first-order valence-corrected chi connectivity index (χ1v) is 7.01. The molecule has 0 aliphatic heterocycles. The van der Waals surface area contributed by atoms with Crippen LogP contribution in [-0.4, -0.2) is 23.2 Å². The first kappa shape index (κ1) is 14.1. The number of aryl methyl sites for hydroxylation is 1. The number of nitrogens with one attached hydrogen (secondary N) is 1. The van der Waals surface area contributed by atoms with Crippen LogP contribution < -0.4 is 5.32 Å². The highest BCUT2D eigenvalue weighted by molar-refractivity contribution is 7.15. The molecule has 0 saturated heterocycles. The van der Waals surface area contributed by atoms with Crippen molar-refractivity contribution < 1.29 is 9.50 Å². The summed E-state index contributed by atoms with van der Waals surface area (Å²) in [5.74, 6) is -0.241. The lowest BCUT2D eigenvalue weighted by atomic mass is 10.2. The predicted octanol–water partition coefficient (Wildman–Crippen LogP) is 2.90. The van der Waals surface area contributed by atoms with Crippen LogP contribution in [0.25, 0.3) is 10.6 Å². The molecule has 2 rings (SSSR count). The van der Waals surface area contributed by atoms with Crippen LogP contribution in [0, 0.1) is 12.7 Å². The minimum atomic E-state index is -0.241. The molecule has 1 aromatic carbocycles. The number of halogens is 1. The number of hydrogen-bond acceptors (Lipinski definition) is 4. The van der Waals surface area contributed by atoms with E-state index >= 15 is 0 Å². The average molecular weight is 280 g/mol. The maximum absolute atomic E-state index is 12.9. The molecule has 0 aliphatic carbocycles. The molecule has 0 amide bonds. The topological polar surface area (TPSA) is 45.2 Å². The smallest absolute Gasteiger partial charge is 0.123 e. The van der Waals surface area contributed by atoms with Crippen LogP contribution in [0.2, 0.25) is 0 Å². The van der Waals surface area contributed by atoms with Gasteiger partial charge in [0, 0.05) is 23.0 Å². The molecular weight excluding hydrogens is 263 g/mol. The third-order valence-electron chi connectivity index (χ3n) is 2.88. The molecule has 19 heavy (non-hydrogen) atoms. The van der Waals surface area contributed by atoms with Gasteiger partial charge in [0.1, 0.15) is 10.8 Å². The molecule has 0 spiro atoms. The fourth-order valence-electron chi connectivity index (χ4n) is 1.90. The maximum atomic E-state index is 12.9. The van der Waals surface area contributed by atoms with Crippen molar-refractivity contribution >= 4 is 11.3 Å². The second-order valence-electron chi connectivity index (χ2n) is 4.37. The molecule has 1 aromatic heterocycles. The summed E-state index contributed by atoms with van der Waals surface area (Å²) in [6.07, 6.45) is 0. The maximum Gasteiger partial charge on any atom is 0.123 e. The van der Waals surface area contributed by atoms with Gasteiger partial charge in [-0.05, 0) is 38.1 Å². The molecular formula is C14H17FN2OS. The zero-order valence-corrected chi connectivity index (χ0v) is 11.8. The van der Waals surface area contributed by atoms with E-state index in [9.17, 15) is 4.39 Å². The largest absolute Gasteiger partial charge is 0.395 e. The highest BCUT2D eigenvalue weighted by Gasteiger charge is 2.14. The van der Waals surface area contributed by atoms with E-state index in [1.54, 1.807) is 23.5 Å². The SMILES string of the molecule is Cc1nc(-c2ccc(F)cc2)sc1C(C)NCCO. The predicted molar refractivity (Wildman–Crippen MR) is 75.7 cm³/mol. The Morgan fingerprint density at radius 2 is 2.05 bits per heavy atom. The Labute approximate surface area is 116 Å². The van der Waals surface area contributed by atoms with Gasteiger partial charge in [-0.3, -0.25) is 0 Å². The molecule has 0 radical (unpaired) electrons. The molecule has 1 unspecified atom stereocenters. The molecule has 2 aromatic rings. The molecule has 2 N–H and O–H groups in total. The third-order valence-corrected chi connectivity index (χ3v) is 4.27. The molecule has 0 fully saturated rings. The Bertz CT molecular complexity index is 539. The van der Waals surface area contributed by atoms with Crippen LogP contribution in [0.4, 0.5) is 4.39 Å². The van der Waals surface area contributed by atoms with E-state index in [1.165, 1.54) is 12.1 Å². The molecule has 0 bridgehead atoms. The van der Waals surface area contributed by atoms with Crippen molar-refractivity contribution in [1.29, 1.82) is 0 Å². The van der Waals surface area contributed by atoms with Gasteiger partial charge in [0.25, 0.3) is 0 Å². The highest BCUT2D eigenvalue weighted by atomic mass is 32.1. The van der Waals surface area contributed by atoms with Gasteiger partial charge in [-0.1, -0.05) is 0 Å². The quantitative estimate of drug-likeness (QED) is 0.885. The zero-order valence-electron chi connectivity index (χ0n) is 11.0. The van der Waals surface area contributed by atoms with Crippen molar-refractivity contribution in [3.63, 3.8) is 0 Å². The molecule has 102 valence electrons. The Balaban J connectivity index is 2.23. The van der Waals surface area contributed by atoms with Crippen molar-refractivity contribution in [3.05, 3.63) is 40.7 Å². The monoisotopic (exact) mass is 280 g/mol. The number of thiazole rings is 1. The summed E-state index contributed by atoms with van der Waals surface area (Å²) in [6, 6.07) is 6.52. The summed E-state index contributed by atoms with van der Waals surface area (Å²) in [6.45, 7) is 4.69. The van der Waals surface area contributed by atoms with E-state index in [2.05, 4.69) is 10.3 Å². The van der Waals surface area contributed by atoms with Crippen LogP contribution in [0.3, 0.4) is 0 Å². The van der Waals surface area contributed by atoms with E-state index < -0.39 is 0 Å². The molecule has 0 aliphatic rings. The standard InChI is InChI=1S/C14H17FN2OS/c1-9(16-7-8-18)13-10(2)17-14(19-13)11-3-5-12(15)6-4-11/h3-6,9,16,18H,7-8H2,1-2H3. The molecule has 5 heteroatoms. The van der Waals surface area contributed by atoms with E-state index in [4.69, 9.17) is 5.11 Å². The normalized spacial score (nSPS) is 12.6. The van der Waals surface area contributed by atoms with Crippen LogP contribution in [-0.2, 0) is 0 Å². The first-order chi connectivity index (χ1) is 9.11. The van der Waals surface area contributed by atoms with Crippen molar-refractivity contribution in [1.82, 2.24) is 10.3 Å². The number of nitrogens with zero attached hydrogens (tertiary/aromatic N) is 1. The summed E-state index contributed by atoms with van der Waals surface area (Å²) in [5.41, 5.74) is 1.90. The Morgan fingerprint density at radius 1 is 1.37 bits per heavy atom. The molecule has 1 heterocycles. The minimum absolute atomic E-state index is 0.118. The van der Waals surface area contributed by atoms with E-state index in [-0.39, 0.29) is 18.5 Å². The summed E-state index contributed by atoms with van der Waals surface area (Å²) in [5, 5.41) is 12.9. The summed E-state index contributed by atoms with van der Waals surface area (Å²) < 4.78 is 12.9. The van der Waals surface area contributed by atoms with Gasteiger partial charge in [0.05, 0.1) is 12.3 Å². The minimum Gasteiger partial charge on any atom is -0.395 e. The van der Waals surface area contributed by atoms with E-state index in [1.807, 2.05) is 13.8 Å².